The van der Waals surface area contributed by atoms with Crippen LogP contribution in [-0.4, -0.2) is 24.9 Å². The van der Waals surface area contributed by atoms with Crippen LogP contribution in [-0.2, 0) is 11.3 Å². The van der Waals surface area contributed by atoms with E-state index in [1.54, 1.807) is 6.07 Å². The minimum absolute atomic E-state index is 0.195. The molecule has 0 saturated heterocycles. The summed E-state index contributed by atoms with van der Waals surface area (Å²) in [5.74, 6) is 0.644. The van der Waals surface area contributed by atoms with Crippen molar-refractivity contribution in [3.8, 4) is 5.75 Å². The molecule has 0 bridgehead atoms. The van der Waals surface area contributed by atoms with Gasteiger partial charge in [0.05, 0.1) is 13.2 Å². The predicted molar refractivity (Wildman–Crippen MR) is 68.1 cm³/mol. The maximum Gasteiger partial charge on any atom is 0.127 e. The first-order chi connectivity index (χ1) is 8.61. The van der Waals surface area contributed by atoms with Crippen LogP contribution in [0.2, 0.25) is 0 Å². The number of aliphatic hydroxyl groups is 1. The maximum absolute atomic E-state index is 13.1. The summed E-state index contributed by atoms with van der Waals surface area (Å²) in [6, 6.07) is 4.20. The van der Waals surface area contributed by atoms with E-state index in [-0.39, 0.29) is 6.61 Å². The second-order valence-electron chi connectivity index (χ2n) is 4.60. The molecule has 3 nitrogen and oxygen atoms in total. The molecule has 0 aliphatic heterocycles. The minimum atomic E-state index is -0.405. The molecule has 0 aliphatic carbocycles. The van der Waals surface area contributed by atoms with Crippen molar-refractivity contribution >= 4 is 0 Å². The zero-order valence-electron chi connectivity index (χ0n) is 11.0. The highest BCUT2D eigenvalue weighted by molar-refractivity contribution is 5.29. The first-order valence-corrected chi connectivity index (χ1v) is 6.22. The van der Waals surface area contributed by atoms with Crippen LogP contribution >= 0.6 is 0 Å². The van der Waals surface area contributed by atoms with E-state index in [1.807, 2.05) is 0 Å². The molecule has 4 heteroatoms. The van der Waals surface area contributed by atoms with Gasteiger partial charge < -0.3 is 14.6 Å². The van der Waals surface area contributed by atoms with Crippen molar-refractivity contribution in [2.24, 2.45) is 5.92 Å². The van der Waals surface area contributed by atoms with Crippen LogP contribution in [0.5, 0.6) is 5.75 Å². The molecule has 1 aromatic rings. The SMILES string of the molecule is CC(C)CCOCCOc1cc(F)cc(CO)c1. The molecule has 0 aromatic heterocycles. The summed E-state index contributed by atoms with van der Waals surface area (Å²) in [5.41, 5.74) is 0.505. The number of aliphatic hydroxyl groups excluding tert-OH is 1. The van der Waals surface area contributed by atoms with Crippen molar-refractivity contribution in [3.63, 3.8) is 0 Å². The van der Waals surface area contributed by atoms with Gasteiger partial charge in [-0.25, -0.2) is 4.39 Å². The summed E-state index contributed by atoms with van der Waals surface area (Å²) in [6.45, 7) is 5.67. The molecule has 18 heavy (non-hydrogen) atoms. The Morgan fingerprint density at radius 3 is 2.61 bits per heavy atom. The lowest BCUT2D eigenvalue weighted by molar-refractivity contribution is 0.0924. The average Bonchev–Trinajstić information content (AvgIpc) is 2.32. The third kappa shape index (κ3) is 5.98. The molecule has 1 N–H and O–H groups in total. The van der Waals surface area contributed by atoms with Crippen LogP contribution in [0.25, 0.3) is 0 Å². The molecule has 0 atom stereocenters. The zero-order valence-corrected chi connectivity index (χ0v) is 11.0. The molecular formula is C14H21FO3. The molecule has 1 aromatic carbocycles. The molecule has 102 valence electrons. The lowest BCUT2D eigenvalue weighted by atomic mass is 10.1. The summed E-state index contributed by atoms with van der Waals surface area (Å²) in [6.07, 6.45) is 1.02. The molecule has 0 amide bonds. The summed E-state index contributed by atoms with van der Waals surface area (Å²) in [7, 11) is 0. The molecule has 1 rings (SSSR count). The number of benzene rings is 1. The van der Waals surface area contributed by atoms with E-state index < -0.39 is 5.82 Å². The lowest BCUT2D eigenvalue weighted by Gasteiger charge is -2.09. The van der Waals surface area contributed by atoms with Gasteiger partial charge in [0.1, 0.15) is 18.2 Å². The predicted octanol–water partition coefficient (Wildman–Crippen LogP) is 2.76. The third-order valence-corrected chi connectivity index (χ3v) is 2.45. The molecule has 0 saturated carbocycles. The first kappa shape index (κ1) is 14.9. The van der Waals surface area contributed by atoms with E-state index in [0.717, 1.165) is 6.42 Å². The number of hydrogen-bond acceptors (Lipinski definition) is 3. The Balaban J connectivity index is 2.24. The van der Waals surface area contributed by atoms with Gasteiger partial charge in [0.2, 0.25) is 0 Å². The molecule has 0 fully saturated rings. The summed E-state index contributed by atoms with van der Waals surface area (Å²) in [5, 5.41) is 8.93. The Hall–Kier alpha value is -1.13. The monoisotopic (exact) mass is 256 g/mol. The van der Waals surface area contributed by atoms with Crippen molar-refractivity contribution in [1.82, 2.24) is 0 Å². The Labute approximate surface area is 108 Å². The van der Waals surface area contributed by atoms with Gasteiger partial charge in [-0.05, 0) is 30.0 Å². The second-order valence-corrected chi connectivity index (χ2v) is 4.60. The number of hydrogen-bond donors (Lipinski definition) is 1. The van der Waals surface area contributed by atoms with Gasteiger partial charge in [0.15, 0.2) is 0 Å². The Kier molecular flexibility index (Phi) is 6.68. The molecule has 0 radical (unpaired) electrons. The number of halogens is 1. The van der Waals surface area contributed by atoms with Crippen LogP contribution in [0, 0.1) is 11.7 Å². The lowest BCUT2D eigenvalue weighted by Crippen LogP contribution is -2.09. The number of rotatable bonds is 8. The van der Waals surface area contributed by atoms with Crippen molar-refractivity contribution in [1.29, 1.82) is 0 Å². The number of ether oxygens (including phenoxy) is 2. The summed E-state index contributed by atoms with van der Waals surface area (Å²) >= 11 is 0. The van der Waals surface area contributed by atoms with E-state index in [0.29, 0.717) is 37.1 Å². The van der Waals surface area contributed by atoms with Gasteiger partial charge in [0.25, 0.3) is 0 Å². The molecule has 0 heterocycles. The summed E-state index contributed by atoms with van der Waals surface area (Å²) < 4.78 is 23.9. The van der Waals surface area contributed by atoms with E-state index in [4.69, 9.17) is 14.6 Å². The van der Waals surface area contributed by atoms with E-state index in [1.165, 1.54) is 12.1 Å². The highest BCUT2D eigenvalue weighted by atomic mass is 19.1. The smallest absolute Gasteiger partial charge is 0.127 e. The Morgan fingerprint density at radius 2 is 1.94 bits per heavy atom. The Bertz CT molecular complexity index is 353. The quantitative estimate of drug-likeness (QED) is 0.727. The van der Waals surface area contributed by atoms with Crippen LogP contribution in [0.4, 0.5) is 4.39 Å². The highest BCUT2D eigenvalue weighted by Crippen LogP contribution is 2.16. The van der Waals surface area contributed by atoms with E-state index >= 15 is 0 Å². The van der Waals surface area contributed by atoms with Gasteiger partial charge in [-0.3, -0.25) is 0 Å². The topological polar surface area (TPSA) is 38.7 Å². The minimum Gasteiger partial charge on any atom is -0.491 e. The largest absolute Gasteiger partial charge is 0.491 e. The van der Waals surface area contributed by atoms with Gasteiger partial charge >= 0.3 is 0 Å². The Morgan fingerprint density at radius 1 is 1.17 bits per heavy atom. The highest BCUT2D eigenvalue weighted by Gasteiger charge is 2.01. The maximum atomic E-state index is 13.1. The average molecular weight is 256 g/mol. The van der Waals surface area contributed by atoms with Crippen molar-refractivity contribution < 1.29 is 19.0 Å². The van der Waals surface area contributed by atoms with Crippen molar-refractivity contribution in [3.05, 3.63) is 29.6 Å². The van der Waals surface area contributed by atoms with Crippen LogP contribution in [0.1, 0.15) is 25.8 Å². The zero-order chi connectivity index (χ0) is 13.4. The van der Waals surface area contributed by atoms with Crippen molar-refractivity contribution in [2.75, 3.05) is 19.8 Å². The molecule has 0 spiro atoms. The third-order valence-electron chi connectivity index (χ3n) is 2.45. The standard InChI is InChI=1S/C14H21FO3/c1-11(2)3-4-17-5-6-18-14-8-12(10-16)7-13(15)9-14/h7-9,11,16H,3-6,10H2,1-2H3. The fraction of sp³-hybridized carbons (Fsp3) is 0.571. The fourth-order valence-corrected chi connectivity index (χ4v) is 1.43. The molecule has 0 aliphatic rings. The first-order valence-electron chi connectivity index (χ1n) is 6.22. The van der Waals surface area contributed by atoms with Gasteiger partial charge in [-0.15, -0.1) is 0 Å². The van der Waals surface area contributed by atoms with Gasteiger partial charge in [-0.1, -0.05) is 13.8 Å². The molecule has 0 unspecified atom stereocenters. The normalized spacial score (nSPS) is 10.9. The van der Waals surface area contributed by atoms with E-state index in [9.17, 15) is 4.39 Å². The fourth-order valence-electron chi connectivity index (χ4n) is 1.43. The second kappa shape index (κ2) is 8.06. The summed E-state index contributed by atoms with van der Waals surface area (Å²) in [4.78, 5) is 0. The molecular weight excluding hydrogens is 235 g/mol. The van der Waals surface area contributed by atoms with Crippen LogP contribution in [0.15, 0.2) is 18.2 Å². The van der Waals surface area contributed by atoms with Crippen LogP contribution < -0.4 is 4.74 Å². The van der Waals surface area contributed by atoms with Crippen molar-refractivity contribution in [2.45, 2.75) is 26.9 Å². The van der Waals surface area contributed by atoms with E-state index in [2.05, 4.69) is 13.8 Å². The van der Waals surface area contributed by atoms with Gasteiger partial charge in [0, 0.05) is 12.7 Å². The van der Waals surface area contributed by atoms with Crippen LogP contribution in [0.3, 0.4) is 0 Å². The van der Waals surface area contributed by atoms with Gasteiger partial charge in [-0.2, -0.15) is 0 Å².